The van der Waals surface area contributed by atoms with E-state index in [0.717, 1.165) is 19.3 Å². The van der Waals surface area contributed by atoms with Gasteiger partial charge in [-0.15, -0.1) is 0 Å². The fraction of sp³-hybridized carbons (Fsp3) is 0.692. The molecule has 1 aliphatic rings. The van der Waals surface area contributed by atoms with Crippen LogP contribution in [0.2, 0.25) is 0 Å². The minimum atomic E-state index is 0.191. The van der Waals surface area contributed by atoms with Crippen molar-refractivity contribution < 1.29 is 5.11 Å². The number of aliphatic hydroxyl groups is 1. The van der Waals surface area contributed by atoms with Crippen LogP contribution in [0.5, 0.6) is 0 Å². The quantitative estimate of drug-likeness (QED) is 0.683. The van der Waals surface area contributed by atoms with E-state index in [4.69, 9.17) is 5.11 Å². The van der Waals surface area contributed by atoms with E-state index in [9.17, 15) is 0 Å². The number of rotatable bonds is 3. The van der Waals surface area contributed by atoms with Crippen molar-refractivity contribution in [1.29, 1.82) is 0 Å². The standard InChI is InChI=1S/C13H22O/c1-10(2)12-6-5-11(3)13(4,9-12)7-8-14/h5,12,14H,1,6-9H2,2-4H3. The fourth-order valence-electron chi connectivity index (χ4n) is 2.27. The lowest BCUT2D eigenvalue weighted by molar-refractivity contribution is 0.192. The molecule has 1 heteroatoms. The van der Waals surface area contributed by atoms with Gasteiger partial charge in [-0.3, -0.25) is 0 Å². The molecule has 0 aromatic carbocycles. The SMILES string of the molecule is C=C(C)C1CC=C(C)C(C)(CCO)C1. The average Bonchev–Trinajstić information content (AvgIpc) is 2.10. The summed E-state index contributed by atoms with van der Waals surface area (Å²) in [4.78, 5) is 0. The van der Waals surface area contributed by atoms with Gasteiger partial charge in [0.2, 0.25) is 0 Å². The van der Waals surface area contributed by atoms with E-state index in [1.165, 1.54) is 11.1 Å². The smallest absolute Gasteiger partial charge is 0.0439 e. The van der Waals surface area contributed by atoms with E-state index < -0.39 is 0 Å². The Hall–Kier alpha value is -0.560. The number of hydrogen-bond acceptors (Lipinski definition) is 1. The van der Waals surface area contributed by atoms with Crippen LogP contribution in [-0.4, -0.2) is 11.7 Å². The molecular weight excluding hydrogens is 172 g/mol. The Labute approximate surface area is 87.5 Å². The van der Waals surface area contributed by atoms with E-state index in [0.29, 0.717) is 5.92 Å². The average molecular weight is 194 g/mol. The summed E-state index contributed by atoms with van der Waals surface area (Å²) < 4.78 is 0. The van der Waals surface area contributed by atoms with Crippen LogP contribution in [0.15, 0.2) is 23.8 Å². The zero-order valence-electron chi connectivity index (χ0n) is 9.64. The number of hydrogen-bond donors (Lipinski definition) is 1. The molecule has 1 nitrogen and oxygen atoms in total. The van der Waals surface area contributed by atoms with Crippen molar-refractivity contribution in [3.05, 3.63) is 23.8 Å². The van der Waals surface area contributed by atoms with E-state index >= 15 is 0 Å². The predicted octanol–water partition coefficient (Wildman–Crippen LogP) is 3.31. The highest BCUT2D eigenvalue weighted by atomic mass is 16.3. The second kappa shape index (κ2) is 4.31. The Kier molecular flexibility index (Phi) is 3.54. The summed E-state index contributed by atoms with van der Waals surface area (Å²) in [6.07, 6.45) is 5.46. The normalized spacial score (nSPS) is 32.6. The lowest BCUT2D eigenvalue weighted by Crippen LogP contribution is -2.27. The van der Waals surface area contributed by atoms with Gasteiger partial charge in [0.1, 0.15) is 0 Å². The topological polar surface area (TPSA) is 20.2 Å². The number of allylic oxidation sites excluding steroid dienone is 3. The monoisotopic (exact) mass is 194 g/mol. The lowest BCUT2D eigenvalue weighted by atomic mass is 9.67. The van der Waals surface area contributed by atoms with Gasteiger partial charge in [-0.1, -0.05) is 30.7 Å². The molecule has 2 unspecified atom stereocenters. The van der Waals surface area contributed by atoms with Crippen LogP contribution < -0.4 is 0 Å². The van der Waals surface area contributed by atoms with Crippen molar-refractivity contribution in [1.82, 2.24) is 0 Å². The highest BCUT2D eigenvalue weighted by molar-refractivity contribution is 5.18. The molecule has 0 amide bonds. The van der Waals surface area contributed by atoms with Crippen LogP contribution in [-0.2, 0) is 0 Å². The molecule has 0 saturated heterocycles. The van der Waals surface area contributed by atoms with Gasteiger partial charge in [-0.05, 0) is 44.4 Å². The minimum absolute atomic E-state index is 0.191. The molecular formula is C13H22O. The molecule has 0 aliphatic heterocycles. The molecule has 0 saturated carbocycles. The Morgan fingerprint density at radius 2 is 2.36 bits per heavy atom. The van der Waals surface area contributed by atoms with E-state index in [1.807, 2.05) is 0 Å². The van der Waals surface area contributed by atoms with Gasteiger partial charge in [0, 0.05) is 6.61 Å². The zero-order valence-corrected chi connectivity index (χ0v) is 9.64. The van der Waals surface area contributed by atoms with Gasteiger partial charge in [0.05, 0.1) is 0 Å². The molecule has 0 radical (unpaired) electrons. The van der Waals surface area contributed by atoms with Crippen molar-refractivity contribution in [2.45, 2.75) is 40.0 Å². The first-order valence-electron chi connectivity index (χ1n) is 5.43. The molecule has 0 fully saturated rings. The minimum Gasteiger partial charge on any atom is -0.396 e. The Balaban J connectivity index is 2.80. The third-order valence-electron chi connectivity index (χ3n) is 3.72. The Morgan fingerprint density at radius 1 is 1.71 bits per heavy atom. The van der Waals surface area contributed by atoms with Gasteiger partial charge in [0.25, 0.3) is 0 Å². The van der Waals surface area contributed by atoms with Crippen LogP contribution in [0.4, 0.5) is 0 Å². The van der Waals surface area contributed by atoms with E-state index in [-0.39, 0.29) is 12.0 Å². The number of aliphatic hydroxyl groups excluding tert-OH is 1. The first kappa shape index (κ1) is 11.5. The first-order valence-corrected chi connectivity index (χ1v) is 5.43. The summed E-state index contributed by atoms with van der Waals surface area (Å²) in [5.41, 5.74) is 2.90. The molecule has 0 bridgehead atoms. The van der Waals surface area contributed by atoms with Gasteiger partial charge in [-0.25, -0.2) is 0 Å². The molecule has 0 heterocycles. The second-order valence-electron chi connectivity index (χ2n) is 4.90. The first-order chi connectivity index (χ1) is 6.49. The van der Waals surface area contributed by atoms with Crippen molar-refractivity contribution in [2.75, 3.05) is 6.61 Å². The molecule has 14 heavy (non-hydrogen) atoms. The van der Waals surface area contributed by atoms with Crippen LogP contribution >= 0.6 is 0 Å². The molecule has 80 valence electrons. The molecule has 0 aromatic rings. The third kappa shape index (κ3) is 2.27. The molecule has 1 aliphatic carbocycles. The van der Waals surface area contributed by atoms with Crippen LogP contribution in [0.25, 0.3) is 0 Å². The fourth-order valence-corrected chi connectivity index (χ4v) is 2.27. The summed E-state index contributed by atoms with van der Waals surface area (Å²) in [5, 5.41) is 9.08. The van der Waals surface area contributed by atoms with Crippen molar-refractivity contribution in [2.24, 2.45) is 11.3 Å². The summed E-state index contributed by atoms with van der Waals surface area (Å²) >= 11 is 0. The largest absolute Gasteiger partial charge is 0.396 e. The van der Waals surface area contributed by atoms with Crippen molar-refractivity contribution in [3.63, 3.8) is 0 Å². The van der Waals surface area contributed by atoms with Gasteiger partial charge in [-0.2, -0.15) is 0 Å². The van der Waals surface area contributed by atoms with Crippen molar-refractivity contribution in [3.8, 4) is 0 Å². The summed E-state index contributed by atoms with van der Waals surface area (Å²) in [7, 11) is 0. The summed E-state index contributed by atoms with van der Waals surface area (Å²) in [5.74, 6) is 0.607. The molecule has 1 rings (SSSR count). The highest BCUT2D eigenvalue weighted by Crippen LogP contribution is 2.43. The third-order valence-corrected chi connectivity index (χ3v) is 3.72. The lowest BCUT2D eigenvalue weighted by Gasteiger charge is -2.38. The molecule has 2 atom stereocenters. The Bertz CT molecular complexity index is 252. The Morgan fingerprint density at radius 3 is 2.86 bits per heavy atom. The molecule has 0 spiro atoms. The van der Waals surface area contributed by atoms with Gasteiger partial charge < -0.3 is 5.11 Å². The second-order valence-corrected chi connectivity index (χ2v) is 4.90. The summed E-state index contributed by atoms with van der Waals surface area (Å²) in [6.45, 7) is 10.9. The van der Waals surface area contributed by atoms with E-state index in [1.54, 1.807) is 0 Å². The maximum Gasteiger partial charge on any atom is 0.0439 e. The van der Waals surface area contributed by atoms with Gasteiger partial charge >= 0.3 is 0 Å². The predicted molar refractivity (Wildman–Crippen MR) is 61.1 cm³/mol. The van der Waals surface area contributed by atoms with Crippen LogP contribution in [0, 0.1) is 11.3 Å². The maximum atomic E-state index is 9.08. The molecule has 0 aromatic heterocycles. The van der Waals surface area contributed by atoms with E-state index in [2.05, 4.69) is 33.4 Å². The zero-order chi connectivity index (χ0) is 10.8. The highest BCUT2D eigenvalue weighted by Gasteiger charge is 2.32. The van der Waals surface area contributed by atoms with Crippen LogP contribution in [0.3, 0.4) is 0 Å². The van der Waals surface area contributed by atoms with Gasteiger partial charge in [0.15, 0.2) is 0 Å². The maximum absolute atomic E-state index is 9.08. The van der Waals surface area contributed by atoms with Crippen molar-refractivity contribution >= 4 is 0 Å². The summed E-state index contributed by atoms with van der Waals surface area (Å²) in [6, 6.07) is 0. The molecule has 1 N–H and O–H groups in total. The van der Waals surface area contributed by atoms with Crippen LogP contribution in [0.1, 0.15) is 40.0 Å².